The summed E-state index contributed by atoms with van der Waals surface area (Å²) in [6, 6.07) is 0. The van der Waals surface area contributed by atoms with Gasteiger partial charge in [0.2, 0.25) is 10.9 Å². The van der Waals surface area contributed by atoms with Gasteiger partial charge in [0.15, 0.2) is 5.82 Å². The van der Waals surface area contributed by atoms with Crippen LogP contribution in [0.4, 0.5) is 0 Å². The summed E-state index contributed by atoms with van der Waals surface area (Å²) in [5.74, 6) is 1.15. The van der Waals surface area contributed by atoms with Crippen LogP contribution in [0.1, 0.15) is 23.7 Å². The number of carbonyl (C=O) groups excluding carboxylic acids is 1. The third-order valence-corrected chi connectivity index (χ3v) is 3.45. The Morgan fingerprint density at radius 3 is 3.06 bits per heavy atom. The fourth-order valence-corrected chi connectivity index (χ4v) is 2.30. The van der Waals surface area contributed by atoms with Crippen molar-refractivity contribution in [1.29, 1.82) is 0 Å². The Hall–Kier alpha value is -1.50. The summed E-state index contributed by atoms with van der Waals surface area (Å²) in [6.07, 6.45) is 2.05. The smallest absolute Gasteiger partial charge is 0.234 e. The van der Waals surface area contributed by atoms with Crippen molar-refractivity contribution in [1.82, 2.24) is 25.1 Å². The zero-order valence-corrected chi connectivity index (χ0v) is 9.62. The van der Waals surface area contributed by atoms with Gasteiger partial charge in [0.1, 0.15) is 5.01 Å². The van der Waals surface area contributed by atoms with E-state index < -0.39 is 0 Å². The molecule has 2 aromatic heterocycles. The maximum atomic E-state index is 11.4. The fraction of sp³-hybridized carbons (Fsp3) is 0.556. The molecule has 16 heavy (non-hydrogen) atoms. The molecule has 0 atom stereocenters. The predicted molar refractivity (Wildman–Crippen MR) is 58.0 cm³/mol. The molecule has 0 aromatic carbocycles. The lowest BCUT2D eigenvalue weighted by Crippen LogP contribution is -2.24. The van der Waals surface area contributed by atoms with Crippen LogP contribution >= 0.6 is 11.3 Å². The molecule has 3 rings (SSSR count). The molecule has 1 aliphatic rings. The Morgan fingerprint density at radius 2 is 2.38 bits per heavy atom. The summed E-state index contributed by atoms with van der Waals surface area (Å²) >= 11 is 1.46. The van der Waals surface area contributed by atoms with Gasteiger partial charge < -0.3 is 5.32 Å². The Morgan fingerprint density at radius 1 is 1.56 bits per heavy atom. The molecule has 1 fully saturated rings. The molecule has 1 amide bonds. The second-order valence-electron chi connectivity index (χ2n) is 3.93. The van der Waals surface area contributed by atoms with Crippen LogP contribution in [0.5, 0.6) is 0 Å². The minimum absolute atomic E-state index is 0.141. The molecule has 1 saturated carbocycles. The van der Waals surface area contributed by atoms with Crippen molar-refractivity contribution >= 4 is 22.2 Å². The van der Waals surface area contributed by atoms with Crippen molar-refractivity contribution in [2.75, 3.05) is 0 Å². The molecule has 0 spiro atoms. The summed E-state index contributed by atoms with van der Waals surface area (Å²) in [5.41, 5.74) is 0. The Labute approximate surface area is 95.7 Å². The third-order valence-electron chi connectivity index (χ3n) is 2.55. The highest BCUT2D eigenvalue weighted by Gasteiger charge is 2.29. The number of aryl methyl sites for hydroxylation is 1. The quantitative estimate of drug-likeness (QED) is 0.844. The Bertz CT molecular complexity index is 541. The largest absolute Gasteiger partial charge is 0.349 e. The molecule has 0 saturated heterocycles. The number of carbonyl (C=O) groups is 1. The van der Waals surface area contributed by atoms with E-state index in [1.165, 1.54) is 11.3 Å². The van der Waals surface area contributed by atoms with Gasteiger partial charge in [-0.25, -0.2) is 0 Å². The van der Waals surface area contributed by atoms with Crippen molar-refractivity contribution in [2.45, 2.75) is 26.3 Å². The molecule has 1 N–H and O–H groups in total. The number of aromatic nitrogens is 4. The second kappa shape index (κ2) is 3.51. The lowest BCUT2D eigenvalue weighted by Gasteiger charge is -1.99. The van der Waals surface area contributed by atoms with Crippen molar-refractivity contribution in [3.63, 3.8) is 0 Å². The Kier molecular flexibility index (Phi) is 2.13. The van der Waals surface area contributed by atoms with E-state index in [1.807, 2.05) is 6.92 Å². The van der Waals surface area contributed by atoms with Crippen molar-refractivity contribution < 1.29 is 4.79 Å². The molecule has 84 valence electrons. The van der Waals surface area contributed by atoms with E-state index in [4.69, 9.17) is 0 Å². The van der Waals surface area contributed by atoms with Gasteiger partial charge in [-0.2, -0.15) is 9.61 Å². The molecular weight excluding hydrogens is 226 g/mol. The van der Waals surface area contributed by atoms with E-state index in [0.29, 0.717) is 6.54 Å². The number of hydrogen-bond acceptors (Lipinski definition) is 5. The zero-order chi connectivity index (χ0) is 11.1. The number of fused-ring (bicyclic) bond motifs is 1. The molecule has 0 bridgehead atoms. The molecular formula is C9H11N5OS. The summed E-state index contributed by atoms with van der Waals surface area (Å²) in [7, 11) is 0. The normalized spacial score (nSPS) is 15.6. The van der Waals surface area contributed by atoms with E-state index in [2.05, 4.69) is 20.6 Å². The first-order valence-corrected chi connectivity index (χ1v) is 6.01. The summed E-state index contributed by atoms with van der Waals surface area (Å²) in [4.78, 5) is 12.2. The van der Waals surface area contributed by atoms with Crippen LogP contribution in [0.2, 0.25) is 0 Å². The first-order valence-electron chi connectivity index (χ1n) is 5.19. The lowest BCUT2D eigenvalue weighted by atomic mass is 10.4. The van der Waals surface area contributed by atoms with Crippen LogP contribution in [0.15, 0.2) is 0 Å². The highest BCUT2D eigenvalue weighted by Crippen LogP contribution is 2.28. The number of hydrogen-bond donors (Lipinski definition) is 1. The SMILES string of the molecule is Cc1nnc2sc(CNC(=O)C3CC3)nn12. The lowest BCUT2D eigenvalue weighted by molar-refractivity contribution is -0.122. The molecule has 1 aliphatic carbocycles. The van der Waals surface area contributed by atoms with Crippen LogP contribution < -0.4 is 5.32 Å². The number of amides is 1. The number of nitrogens with zero attached hydrogens (tertiary/aromatic N) is 4. The maximum Gasteiger partial charge on any atom is 0.234 e. The average Bonchev–Trinajstić information content (AvgIpc) is 2.96. The van der Waals surface area contributed by atoms with E-state index in [0.717, 1.165) is 28.6 Å². The first-order chi connectivity index (χ1) is 7.74. The number of rotatable bonds is 3. The zero-order valence-electron chi connectivity index (χ0n) is 8.80. The van der Waals surface area contributed by atoms with Crippen LogP contribution in [-0.4, -0.2) is 25.7 Å². The molecule has 6 nitrogen and oxygen atoms in total. The van der Waals surface area contributed by atoms with E-state index in [-0.39, 0.29) is 11.8 Å². The van der Waals surface area contributed by atoms with Gasteiger partial charge in [-0.1, -0.05) is 11.3 Å². The fourth-order valence-electron chi connectivity index (χ4n) is 1.48. The van der Waals surface area contributed by atoms with Gasteiger partial charge in [0.25, 0.3) is 0 Å². The predicted octanol–water partition coefficient (Wildman–Crippen LogP) is 0.520. The van der Waals surface area contributed by atoms with Crippen LogP contribution in [0, 0.1) is 12.8 Å². The van der Waals surface area contributed by atoms with Gasteiger partial charge >= 0.3 is 0 Å². The van der Waals surface area contributed by atoms with Crippen molar-refractivity contribution in [2.24, 2.45) is 5.92 Å². The minimum Gasteiger partial charge on any atom is -0.349 e. The molecule has 2 aromatic rings. The third kappa shape index (κ3) is 1.67. The number of nitrogens with one attached hydrogen (secondary N) is 1. The van der Waals surface area contributed by atoms with Gasteiger partial charge in [0, 0.05) is 5.92 Å². The molecule has 0 aliphatic heterocycles. The highest BCUT2D eigenvalue weighted by atomic mass is 32.1. The van der Waals surface area contributed by atoms with Crippen LogP contribution in [0.25, 0.3) is 4.96 Å². The average molecular weight is 237 g/mol. The Balaban J connectivity index is 1.71. The van der Waals surface area contributed by atoms with Crippen LogP contribution in [-0.2, 0) is 11.3 Å². The van der Waals surface area contributed by atoms with Gasteiger partial charge in [-0.05, 0) is 19.8 Å². The second-order valence-corrected chi connectivity index (χ2v) is 4.97. The summed E-state index contributed by atoms with van der Waals surface area (Å²) in [5, 5.41) is 15.9. The van der Waals surface area contributed by atoms with Crippen molar-refractivity contribution in [3.8, 4) is 0 Å². The topological polar surface area (TPSA) is 72.2 Å². The summed E-state index contributed by atoms with van der Waals surface area (Å²) < 4.78 is 1.70. The van der Waals surface area contributed by atoms with E-state index in [9.17, 15) is 4.79 Å². The van der Waals surface area contributed by atoms with E-state index in [1.54, 1.807) is 4.52 Å². The van der Waals surface area contributed by atoms with Gasteiger partial charge in [-0.3, -0.25) is 4.79 Å². The molecule has 0 radical (unpaired) electrons. The summed E-state index contributed by atoms with van der Waals surface area (Å²) in [6.45, 7) is 2.34. The van der Waals surface area contributed by atoms with Gasteiger partial charge in [0.05, 0.1) is 6.54 Å². The van der Waals surface area contributed by atoms with Crippen LogP contribution in [0.3, 0.4) is 0 Å². The maximum absolute atomic E-state index is 11.4. The van der Waals surface area contributed by atoms with E-state index >= 15 is 0 Å². The minimum atomic E-state index is 0.141. The van der Waals surface area contributed by atoms with Gasteiger partial charge in [-0.15, -0.1) is 10.2 Å². The van der Waals surface area contributed by atoms with Crippen molar-refractivity contribution in [3.05, 3.63) is 10.8 Å². The highest BCUT2D eigenvalue weighted by molar-refractivity contribution is 7.16. The molecule has 7 heteroatoms. The molecule has 2 heterocycles. The molecule has 0 unspecified atom stereocenters. The first kappa shape index (κ1) is 9.71. The monoisotopic (exact) mass is 237 g/mol. The standard InChI is InChI=1S/C9H11N5OS/c1-5-11-12-9-14(5)13-7(16-9)4-10-8(15)6-2-3-6/h6H,2-4H2,1H3,(H,10,15).